The molecule has 0 rings (SSSR count). The minimum Gasteiger partial charge on any atom is -0.306 e. The molecule has 1 heteroatoms. The summed E-state index contributed by atoms with van der Waals surface area (Å²) >= 11 is 0. The maximum absolute atomic E-state index is 5.13. The van der Waals surface area contributed by atoms with E-state index in [1.807, 2.05) is 0 Å². The fourth-order valence-corrected chi connectivity index (χ4v) is 1.46. The average Bonchev–Trinajstić information content (AvgIpc) is 2.04. The lowest BCUT2D eigenvalue weighted by molar-refractivity contribution is 0.345. The maximum Gasteiger partial charge on any atom is 0.0573 e. The van der Waals surface area contributed by atoms with Crippen LogP contribution in [0.15, 0.2) is 0 Å². The number of hydrogen-bond acceptors (Lipinski definition) is 1. The summed E-state index contributed by atoms with van der Waals surface area (Å²) in [5.74, 6) is 4.21. The zero-order chi connectivity index (χ0) is 9.40. The highest BCUT2D eigenvalue weighted by molar-refractivity contribution is 4.86. The van der Waals surface area contributed by atoms with Gasteiger partial charge in [0.05, 0.1) is 6.54 Å². The molecule has 1 atom stereocenters. The highest BCUT2D eigenvalue weighted by Crippen LogP contribution is 2.17. The van der Waals surface area contributed by atoms with Gasteiger partial charge in [-0.3, -0.25) is 0 Å². The quantitative estimate of drug-likeness (QED) is 0.473. The minimum atomic E-state index is 0.703. The van der Waals surface area contributed by atoms with Gasteiger partial charge in [0.25, 0.3) is 0 Å². The van der Waals surface area contributed by atoms with Crippen LogP contribution in [-0.2, 0) is 0 Å². The lowest BCUT2D eigenvalue weighted by Gasteiger charge is -2.18. The van der Waals surface area contributed by atoms with Gasteiger partial charge < -0.3 is 5.32 Å². The Morgan fingerprint density at radius 1 is 1.42 bits per heavy atom. The van der Waals surface area contributed by atoms with Gasteiger partial charge in [-0.1, -0.05) is 33.1 Å². The van der Waals surface area contributed by atoms with Crippen molar-refractivity contribution in [3.8, 4) is 12.3 Å². The van der Waals surface area contributed by atoms with Crippen molar-refractivity contribution in [2.45, 2.75) is 33.6 Å². The van der Waals surface area contributed by atoms with Gasteiger partial charge in [-0.15, -0.1) is 6.42 Å². The zero-order valence-corrected chi connectivity index (χ0v) is 8.56. The molecule has 0 aromatic rings. The van der Waals surface area contributed by atoms with Crippen molar-refractivity contribution >= 4 is 0 Å². The van der Waals surface area contributed by atoms with E-state index in [0.29, 0.717) is 6.54 Å². The highest BCUT2D eigenvalue weighted by Gasteiger charge is 2.09. The Bertz CT molecular complexity index is 132. The predicted octanol–water partition coefficient (Wildman–Crippen LogP) is 2.28. The maximum atomic E-state index is 5.13. The SMILES string of the molecule is C#CCNCCC(CC)C(C)C. The third-order valence-electron chi connectivity index (χ3n) is 2.39. The first-order valence-electron chi connectivity index (χ1n) is 4.86. The van der Waals surface area contributed by atoms with E-state index in [4.69, 9.17) is 6.42 Å². The van der Waals surface area contributed by atoms with Gasteiger partial charge in [0.15, 0.2) is 0 Å². The standard InChI is InChI=1S/C11H21N/c1-5-8-12-9-7-11(6-2)10(3)4/h1,10-12H,6-9H2,2-4H3. The van der Waals surface area contributed by atoms with Gasteiger partial charge in [0.1, 0.15) is 0 Å². The van der Waals surface area contributed by atoms with Crippen LogP contribution >= 0.6 is 0 Å². The molecule has 1 unspecified atom stereocenters. The van der Waals surface area contributed by atoms with Crippen LogP contribution < -0.4 is 5.32 Å². The van der Waals surface area contributed by atoms with Crippen LogP contribution in [0.2, 0.25) is 0 Å². The normalized spacial score (nSPS) is 12.9. The molecule has 0 aromatic heterocycles. The van der Waals surface area contributed by atoms with Crippen LogP contribution in [0.1, 0.15) is 33.6 Å². The number of terminal acetylenes is 1. The van der Waals surface area contributed by atoms with Crippen LogP contribution in [0.4, 0.5) is 0 Å². The average molecular weight is 167 g/mol. The molecule has 0 aliphatic rings. The van der Waals surface area contributed by atoms with E-state index in [1.54, 1.807) is 0 Å². The van der Waals surface area contributed by atoms with Crippen LogP contribution in [0.25, 0.3) is 0 Å². The molecule has 0 aliphatic carbocycles. The lowest BCUT2D eigenvalue weighted by atomic mass is 9.90. The molecule has 70 valence electrons. The smallest absolute Gasteiger partial charge is 0.0573 e. The Morgan fingerprint density at radius 2 is 2.08 bits per heavy atom. The summed E-state index contributed by atoms with van der Waals surface area (Å²) in [6.45, 7) is 8.59. The van der Waals surface area contributed by atoms with Gasteiger partial charge in [0.2, 0.25) is 0 Å². The summed E-state index contributed by atoms with van der Waals surface area (Å²) in [6, 6.07) is 0. The Balaban J connectivity index is 3.40. The summed E-state index contributed by atoms with van der Waals surface area (Å²) in [5.41, 5.74) is 0. The molecular formula is C11H21N. The van der Waals surface area contributed by atoms with Crippen molar-refractivity contribution in [1.29, 1.82) is 0 Å². The van der Waals surface area contributed by atoms with Crippen LogP contribution in [0.5, 0.6) is 0 Å². The molecule has 0 fully saturated rings. The van der Waals surface area contributed by atoms with Crippen LogP contribution in [-0.4, -0.2) is 13.1 Å². The molecule has 0 heterocycles. The van der Waals surface area contributed by atoms with Gasteiger partial charge >= 0.3 is 0 Å². The van der Waals surface area contributed by atoms with E-state index in [9.17, 15) is 0 Å². The fraction of sp³-hybridized carbons (Fsp3) is 0.818. The van der Waals surface area contributed by atoms with E-state index < -0.39 is 0 Å². The van der Waals surface area contributed by atoms with E-state index in [0.717, 1.165) is 18.4 Å². The third kappa shape index (κ3) is 5.21. The number of rotatable bonds is 6. The first-order valence-corrected chi connectivity index (χ1v) is 4.86. The molecule has 0 spiro atoms. The second-order valence-corrected chi connectivity index (χ2v) is 3.58. The molecule has 0 bridgehead atoms. The first kappa shape index (κ1) is 11.5. The summed E-state index contributed by atoms with van der Waals surface area (Å²) in [7, 11) is 0. The molecular weight excluding hydrogens is 146 g/mol. The summed E-state index contributed by atoms with van der Waals surface area (Å²) in [5, 5.41) is 3.22. The Labute approximate surface area is 76.9 Å². The van der Waals surface area contributed by atoms with Gasteiger partial charge in [-0.25, -0.2) is 0 Å². The molecule has 0 aliphatic heterocycles. The highest BCUT2D eigenvalue weighted by atomic mass is 14.8. The topological polar surface area (TPSA) is 12.0 Å². The summed E-state index contributed by atoms with van der Waals surface area (Å²) in [4.78, 5) is 0. The fourth-order valence-electron chi connectivity index (χ4n) is 1.46. The van der Waals surface area contributed by atoms with Gasteiger partial charge in [0, 0.05) is 0 Å². The second-order valence-electron chi connectivity index (χ2n) is 3.58. The summed E-state index contributed by atoms with van der Waals surface area (Å²) in [6.07, 6.45) is 7.64. The molecule has 1 N–H and O–H groups in total. The van der Waals surface area contributed by atoms with Gasteiger partial charge in [-0.2, -0.15) is 0 Å². The van der Waals surface area contributed by atoms with Crippen molar-refractivity contribution in [2.75, 3.05) is 13.1 Å². The Hall–Kier alpha value is -0.480. The summed E-state index contributed by atoms with van der Waals surface area (Å²) < 4.78 is 0. The zero-order valence-electron chi connectivity index (χ0n) is 8.56. The first-order chi connectivity index (χ1) is 5.72. The van der Waals surface area contributed by atoms with Crippen molar-refractivity contribution in [3.05, 3.63) is 0 Å². The number of hydrogen-bond donors (Lipinski definition) is 1. The number of nitrogens with one attached hydrogen (secondary N) is 1. The molecule has 1 nitrogen and oxygen atoms in total. The molecule has 0 saturated heterocycles. The van der Waals surface area contributed by atoms with Crippen molar-refractivity contribution in [3.63, 3.8) is 0 Å². The van der Waals surface area contributed by atoms with E-state index in [-0.39, 0.29) is 0 Å². The largest absolute Gasteiger partial charge is 0.306 e. The monoisotopic (exact) mass is 167 g/mol. The molecule has 12 heavy (non-hydrogen) atoms. The van der Waals surface area contributed by atoms with Crippen LogP contribution in [0, 0.1) is 24.2 Å². The van der Waals surface area contributed by atoms with E-state index in [1.165, 1.54) is 12.8 Å². The van der Waals surface area contributed by atoms with Gasteiger partial charge in [-0.05, 0) is 24.8 Å². The molecule has 0 radical (unpaired) electrons. The predicted molar refractivity (Wildman–Crippen MR) is 54.9 cm³/mol. The van der Waals surface area contributed by atoms with E-state index >= 15 is 0 Å². The Morgan fingerprint density at radius 3 is 2.50 bits per heavy atom. The van der Waals surface area contributed by atoms with Crippen molar-refractivity contribution in [1.82, 2.24) is 5.32 Å². The minimum absolute atomic E-state index is 0.703. The Kier molecular flexibility index (Phi) is 6.90. The molecule has 0 amide bonds. The molecule has 0 saturated carbocycles. The van der Waals surface area contributed by atoms with Crippen molar-refractivity contribution in [2.24, 2.45) is 11.8 Å². The third-order valence-corrected chi connectivity index (χ3v) is 2.39. The lowest BCUT2D eigenvalue weighted by Crippen LogP contribution is -2.20. The van der Waals surface area contributed by atoms with Crippen LogP contribution in [0.3, 0.4) is 0 Å². The second kappa shape index (κ2) is 7.18. The van der Waals surface area contributed by atoms with Crippen molar-refractivity contribution < 1.29 is 0 Å². The molecule has 0 aromatic carbocycles. The van der Waals surface area contributed by atoms with E-state index in [2.05, 4.69) is 32.0 Å².